The molecule has 0 atom stereocenters. The number of aryl methyl sites for hydroxylation is 1. The lowest BCUT2D eigenvalue weighted by molar-refractivity contribution is 0.0955. The fourth-order valence-electron chi connectivity index (χ4n) is 2.84. The van der Waals surface area contributed by atoms with Crippen LogP contribution >= 0.6 is 0 Å². The molecule has 0 spiro atoms. The summed E-state index contributed by atoms with van der Waals surface area (Å²) in [6, 6.07) is 22.3. The second-order valence-corrected chi connectivity index (χ2v) is 6.79. The zero-order valence-electron chi connectivity index (χ0n) is 17.7. The molecule has 0 unspecified atom stereocenters. The predicted molar refractivity (Wildman–Crippen MR) is 121 cm³/mol. The Morgan fingerprint density at radius 1 is 0.903 bits per heavy atom. The Bertz CT molecular complexity index is 1020. The lowest BCUT2D eigenvalue weighted by atomic mass is 10.2. The van der Waals surface area contributed by atoms with Gasteiger partial charge >= 0.3 is 0 Å². The highest BCUT2D eigenvalue weighted by atomic mass is 16.5. The van der Waals surface area contributed by atoms with Gasteiger partial charge in [0.1, 0.15) is 5.75 Å². The fourth-order valence-corrected chi connectivity index (χ4v) is 2.84. The van der Waals surface area contributed by atoms with Crippen LogP contribution in [-0.2, 0) is 0 Å². The van der Waals surface area contributed by atoms with Gasteiger partial charge in [-0.1, -0.05) is 36.4 Å². The summed E-state index contributed by atoms with van der Waals surface area (Å²) in [7, 11) is 1.58. The number of methoxy groups -OCH3 is 1. The molecule has 3 rings (SSSR count). The minimum atomic E-state index is -0.267. The molecule has 0 aliphatic rings. The zero-order chi connectivity index (χ0) is 21.9. The van der Waals surface area contributed by atoms with Crippen molar-refractivity contribution in [3.05, 3.63) is 89.5 Å². The van der Waals surface area contributed by atoms with Gasteiger partial charge in [-0.15, -0.1) is 0 Å². The molecule has 3 aromatic carbocycles. The van der Waals surface area contributed by atoms with E-state index in [1.807, 2.05) is 49.4 Å². The number of rotatable bonds is 10. The number of hydrazone groups is 1. The number of carbonyl (C=O) groups excluding carboxylic acids is 1. The SMILES string of the molecule is COc1cc(/C=N/NC(=O)c2ccccc2)ccc1OCCCOc1ccccc1C. The first-order chi connectivity index (χ1) is 15.2. The van der Waals surface area contributed by atoms with Gasteiger partial charge in [-0.3, -0.25) is 4.79 Å². The Balaban J connectivity index is 1.47. The molecule has 31 heavy (non-hydrogen) atoms. The quantitative estimate of drug-likeness (QED) is 0.296. The number of ether oxygens (including phenoxy) is 3. The van der Waals surface area contributed by atoms with Crippen LogP contribution in [0.2, 0.25) is 0 Å². The molecule has 0 bridgehead atoms. The molecule has 0 saturated carbocycles. The Morgan fingerprint density at radius 3 is 2.35 bits per heavy atom. The molecule has 0 saturated heterocycles. The van der Waals surface area contributed by atoms with Crippen molar-refractivity contribution in [1.82, 2.24) is 5.43 Å². The highest BCUT2D eigenvalue weighted by Crippen LogP contribution is 2.27. The number of nitrogens with zero attached hydrogens (tertiary/aromatic N) is 1. The number of benzene rings is 3. The predicted octanol–water partition coefficient (Wildman–Crippen LogP) is 4.62. The molecule has 0 fully saturated rings. The maximum absolute atomic E-state index is 12.0. The first-order valence-electron chi connectivity index (χ1n) is 10.0. The van der Waals surface area contributed by atoms with Crippen LogP contribution in [0, 0.1) is 6.92 Å². The van der Waals surface area contributed by atoms with E-state index in [1.165, 1.54) is 0 Å². The number of amides is 1. The van der Waals surface area contributed by atoms with Gasteiger partial charge < -0.3 is 14.2 Å². The first kappa shape index (κ1) is 21.9. The molecule has 0 radical (unpaired) electrons. The number of nitrogens with one attached hydrogen (secondary N) is 1. The van der Waals surface area contributed by atoms with Crippen molar-refractivity contribution in [3.8, 4) is 17.2 Å². The molecule has 6 nitrogen and oxygen atoms in total. The number of carbonyl (C=O) groups is 1. The van der Waals surface area contributed by atoms with Crippen molar-refractivity contribution < 1.29 is 19.0 Å². The standard InChI is InChI=1S/C25H26N2O4/c1-19-9-6-7-12-22(19)30-15-8-16-31-23-14-13-20(17-24(23)29-2)18-26-27-25(28)21-10-4-3-5-11-21/h3-7,9-14,17-18H,8,15-16H2,1-2H3,(H,27,28)/b26-18+. The second kappa shape index (κ2) is 11.4. The van der Waals surface area contributed by atoms with Gasteiger partial charge in [0.25, 0.3) is 5.91 Å². The summed E-state index contributed by atoms with van der Waals surface area (Å²) in [6.45, 7) is 3.09. The number of hydrogen-bond donors (Lipinski definition) is 1. The average molecular weight is 418 g/mol. The summed E-state index contributed by atoms with van der Waals surface area (Å²) in [6.07, 6.45) is 2.30. The van der Waals surface area contributed by atoms with Gasteiger partial charge in [0.15, 0.2) is 11.5 Å². The van der Waals surface area contributed by atoms with E-state index in [0.717, 1.165) is 23.3 Å². The van der Waals surface area contributed by atoms with E-state index >= 15 is 0 Å². The third-order valence-electron chi connectivity index (χ3n) is 4.50. The van der Waals surface area contributed by atoms with Crippen LogP contribution in [0.15, 0.2) is 77.9 Å². The minimum Gasteiger partial charge on any atom is -0.493 e. The third-order valence-corrected chi connectivity index (χ3v) is 4.50. The lowest BCUT2D eigenvalue weighted by Gasteiger charge is -2.12. The zero-order valence-corrected chi connectivity index (χ0v) is 17.7. The molecular formula is C25H26N2O4. The molecule has 0 aromatic heterocycles. The van der Waals surface area contributed by atoms with Crippen LogP contribution in [-0.4, -0.2) is 32.4 Å². The molecule has 0 aliphatic carbocycles. The van der Waals surface area contributed by atoms with Gasteiger partial charge in [0.2, 0.25) is 0 Å². The van der Waals surface area contributed by atoms with Crippen molar-refractivity contribution in [3.63, 3.8) is 0 Å². The molecule has 160 valence electrons. The second-order valence-electron chi connectivity index (χ2n) is 6.79. The summed E-state index contributed by atoms with van der Waals surface area (Å²) < 4.78 is 17.0. The summed E-state index contributed by atoms with van der Waals surface area (Å²) >= 11 is 0. The fraction of sp³-hybridized carbons (Fsp3) is 0.200. The maximum Gasteiger partial charge on any atom is 0.271 e. The van der Waals surface area contributed by atoms with E-state index < -0.39 is 0 Å². The molecular weight excluding hydrogens is 392 g/mol. The molecule has 1 N–H and O–H groups in total. The van der Waals surface area contributed by atoms with Crippen LogP contribution in [0.5, 0.6) is 17.2 Å². The number of hydrogen-bond acceptors (Lipinski definition) is 5. The highest BCUT2D eigenvalue weighted by molar-refractivity contribution is 5.94. The summed E-state index contributed by atoms with van der Waals surface area (Å²) in [5, 5.41) is 4.01. The van der Waals surface area contributed by atoms with E-state index in [9.17, 15) is 4.79 Å². The normalized spacial score (nSPS) is 10.6. The summed E-state index contributed by atoms with van der Waals surface area (Å²) in [5.74, 6) is 1.86. The van der Waals surface area contributed by atoms with Gasteiger partial charge in [0.05, 0.1) is 26.5 Å². The van der Waals surface area contributed by atoms with Crippen molar-refractivity contribution in [1.29, 1.82) is 0 Å². The Morgan fingerprint density at radius 2 is 1.61 bits per heavy atom. The highest BCUT2D eigenvalue weighted by Gasteiger charge is 2.06. The first-order valence-corrected chi connectivity index (χ1v) is 10.0. The Labute approximate surface area is 182 Å². The average Bonchev–Trinajstić information content (AvgIpc) is 2.81. The van der Waals surface area contributed by atoms with Crippen molar-refractivity contribution >= 4 is 12.1 Å². The van der Waals surface area contributed by atoms with Crippen LogP contribution in [0.4, 0.5) is 0 Å². The van der Waals surface area contributed by atoms with E-state index in [-0.39, 0.29) is 5.91 Å². The topological polar surface area (TPSA) is 69.2 Å². The van der Waals surface area contributed by atoms with Gasteiger partial charge in [-0.25, -0.2) is 5.43 Å². The minimum absolute atomic E-state index is 0.267. The van der Waals surface area contributed by atoms with E-state index in [4.69, 9.17) is 14.2 Å². The van der Waals surface area contributed by atoms with Crippen molar-refractivity contribution in [2.24, 2.45) is 5.10 Å². The molecule has 3 aromatic rings. The number of para-hydroxylation sites is 1. The monoisotopic (exact) mass is 418 g/mol. The molecule has 0 aliphatic heterocycles. The van der Waals surface area contributed by atoms with Crippen LogP contribution in [0.25, 0.3) is 0 Å². The maximum atomic E-state index is 12.0. The summed E-state index contributed by atoms with van der Waals surface area (Å²) in [5.41, 5.74) is 4.95. The van der Waals surface area contributed by atoms with Crippen LogP contribution in [0.1, 0.15) is 27.9 Å². The van der Waals surface area contributed by atoms with Crippen LogP contribution < -0.4 is 19.6 Å². The molecule has 1 amide bonds. The van der Waals surface area contributed by atoms with Crippen molar-refractivity contribution in [2.45, 2.75) is 13.3 Å². The van der Waals surface area contributed by atoms with E-state index in [2.05, 4.69) is 10.5 Å². The largest absolute Gasteiger partial charge is 0.493 e. The Kier molecular flexibility index (Phi) is 8.05. The third kappa shape index (κ3) is 6.60. The lowest BCUT2D eigenvalue weighted by Crippen LogP contribution is -2.17. The van der Waals surface area contributed by atoms with Gasteiger partial charge in [-0.2, -0.15) is 5.10 Å². The van der Waals surface area contributed by atoms with Crippen LogP contribution in [0.3, 0.4) is 0 Å². The Hall–Kier alpha value is -3.80. The summed E-state index contributed by atoms with van der Waals surface area (Å²) in [4.78, 5) is 12.0. The van der Waals surface area contributed by atoms with Crippen molar-refractivity contribution in [2.75, 3.05) is 20.3 Å². The smallest absolute Gasteiger partial charge is 0.271 e. The molecule has 6 heteroatoms. The van der Waals surface area contributed by atoms with Gasteiger partial charge in [0, 0.05) is 12.0 Å². The molecule has 0 heterocycles. The van der Waals surface area contributed by atoms with E-state index in [1.54, 1.807) is 43.7 Å². The van der Waals surface area contributed by atoms with Gasteiger partial charge in [-0.05, 0) is 54.4 Å². The van der Waals surface area contributed by atoms with E-state index in [0.29, 0.717) is 30.3 Å².